The molecule has 0 saturated heterocycles. The first-order chi connectivity index (χ1) is 11.2. The fraction of sp³-hybridized carbons (Fsp3) is 0.316. The Hall–Kier alpha value is -2.67. The van der Waals surface area contributed by atoms with Gasteiger partial charge < -0.3 is 4.90 Å². The van der Waals surface area contributed by atoms with E-state index in [1.165, 1.54) is 5.56 Å². The fourth-order valence-corrected chi connectivity index (χ4v) is 2.70. The highest BCUT2D eigenvalue weighted by molar-refractivity contribution is 5.79. The van der Waals surface area contributed by atoms with Gasteiger partial charge in [0.1, 0.15) is 6.42 Å². The van der Waals surface area contributed by atoms with Crippen LogP contribution >= 0.6 is 0 Å². The summed E-state index contributed by atoms with van der Waals surface area (Å²) in [7, 11) is 0. The van der Waals surface area contributed by atoms with Gasteiger partial charge >= 0.3 is 0 Å². The van der Waals surface area contributed by atoms with Crippen molar-refractivity contribution >= 4 is 5.91 Å². The third-order valence-corrected chi connectivity index (χ3v) is 3.91. The Balaban J connectivity index is 2.46. The molecule has 0 N–H and O–H groups in total. The van der Waals surface area contributed by atoms with Gasteiger partial charge in [0.15, 0.2) is 0 Å². The molecule has 118 valence electrons. The van der Waals surface area contributed by atoms with Gasteiger partial charge in [-0.15, -0.1) is 0 Å². The van der Waals surface area contributed by atoms with Gasteiger partial charge in [-0.1, -0.05) is 37.3 Å². The monoisotopic (exact) mass is 307 g/mol. The smallest absolute Gasteiger partial charge is 0.237 e. The second-order valence-corrected chi connectivity index (χ2v) is 5.30. The van der Waals surface area contributed by atoms with Crippen molar-refractivity contribution in [2.45, 2.75) is 32.7 Å². The predicted molar refractivity (Wildman–Crippen MR) is 89.5 cm³/mol. The summed E-state index contributed by atoms with van der Waals surface area (Å²) in [5.74, 6) is -0.163. The first kappa shape index (κ1) is 16.7. The van der Waals surface area contributed by atoms with E-state index in [-0.39, 0.29) is 18.4 Å². The second kappa shape index (κ2) is 8.09. The minimum Gasteiger partial charge on any atom is -0.331 e. The van der Waals surface area contributed by atoms with Crippen molar-refractivity contribution in [1.82, 2.24) is 9.88 Å². The number of amides is 1. The van der Waals surface area contributed by atoms with E-state index in [1.807, 2.05) is 25.1 Å². The van der Waals surface area contributed by atoms with E-state index < -0.39 is 0 Å². The van der Waals surface area contributed by atoms with Gasteiger partial charge in [-0.2, -0.15) is 5.26 Å². The molecule has 1 aromatic heterocycles. The van der Waals surface area contributed by atoms with E-state index in [0.29, 0.717) is 6.54 Å². The first-order valence-electron chi connectivity index (χ1n) is 7.86. The normalized spacial score (nSPS) is 11.5. The van der Waals surface area contributed by atoms with Gasteiger partial charge in [0.25, 0.3) is 0 Å². The summed E-state index contributed by atoms with van der Waals surface area (Å²) < 4.78 is 0. The first-order valence-corrected chi connectivity index (χ1v) is 7.86. The maximum Gasteiger partial charge on any atom is 0.237 e. The Kier molecular flexibility index (Phi) is 5.87. The Morgan fingerprint density at radius 3 is 2.48 bits per heavy atom. The molecule has 0 spiro atoms. The molecule has 0 radical (unpaired) electrons. The molecule has 0 saturated carbocycles. The van der Waals surface area contributed by atoms with Crippen LogP contribution in [-0.2, 0) is 11.2 Å². The molecule has 0 fully saturated rings. The second-order valence-electron chi connectivity index (χ2n) is 5.30. The summed E-state index contributed by atoms with van der Waals surface area (Å²) in [6.45, 7) is 4.58. The zero-order valence-corrected chi connectivity index (χ0v) is 13.6. The number of aromatic nitrogens is 1. The van der Waals surface area contributed by atoms with Gasteiger partial charge in [-0.25, -0.2) is 0 Å². The molecular formula is C19H21N3O. The van der Waals surface area contributed by atoms with Gasteiger partial charge in [-0.05, 0) is 36.1 Å². The highest BCUT2D eigenvalue weighted by Gasteiger charge is 2.25. The van der Waals surface area contributed by atoms with E-state index in [9.17, 15) is 4.79 Å². The van der Waals surface area contributed by atoms with Gasteiger partial charge in [0.05, 0.1) is 12.1 Å². The van der Waals surface area contributed by atoms with Crippen LogP contribution in [0, 0.1) is 11.3 Å². The lowest BCUT2D eigenvalue weighted by atomic mass is 9.96. The van der Waals surface area contributed by atoms with Crippen molar-refractivity contribution in [2.24, 2.45) is 0 Å². The molecule has 4 heteroatoms. The lowest BCUT2D eigenvalue weighted by Gasteiger charge is -2.31. The molecule has 1 aromatic carbocycles. The number of rotatable bonds is 6. The molecule has 1 atom stereocenters. The molecule has 0 aliphatic carbocycles. The van der Waals surface area contributed by atoms with Gasteiger partial charge in [0, 0.05) is 18.9 Å². The van der Waals surface area contributed by atoms with Crippen molar-refractivity contribution in [2.75, 3.05) is 6.54 Å². The fourth-order valence-electron chi connectivity index (χ4n) is 2.70. The summed E-state index contributed by atoms with van der Waals surface area (Å²) in [6, 6.07) is 13.8. The molecule has 2 aromatic rings. The Labute approximate surface area is 137 Å². The third kappa shape index (κ3) is 3.95. The highest BCUT2D eigenvalue weighted by Crippen LogP contribution is 2.29. The molecule has 0 aliphatic rings. The molecule has 23 heavy (non-hydrogen) atoms. The Morgan fingerprint density at radius 1 is 1.22 bits per heavy atom. The number of carbonyl (C=O) groups is 1. The summed E-state index contributed by atoms with van der Waals surface area (Å²) in [4.78, 5) is 18.3. The summed E-state index contributed by atoms with van der Waals surface area (Å²) >= 11 is 0. The largest absolute Gasteiger partial charge is 0.331 e. The zero-order valence-electron chi connectivity index (χ0n) is 13.6. The van der Waals surface area contributed by atoms with Crippen molar-refractivity contribution in [3.63, 3.8) is 0 Å². The van der Waals surface area contributed by atoms with Crippen LogP contribution in [0.25, 0.3) is 0 Å². The molecule has 2 rings (SSSR count). The number of nitrogens with zero attached hydrogens (tertiary/aromatic N) is 3. The lowest BCUT2D eigenvalue weighted by molar-refractivity contribution is -0.131. The molecule has 1 heterocycles. The number of benzene rings is 1. The number of aryl methyl sites for hydroxylation is 1. The lowest BCUT2D eigenvalue weighted by Crippen LogP contribution is -2.35. The summed E-state index contributed by atoms with van der Waals surface area (Å²) in [5, 5.41) is 8.86. The van der Waals surface area contributed by atoms with Crippen LogP contribution in [0.5, 0.6) is 0 Å². The molecule has 0 aliphatic heterocycles. The predicted octanol–water partition coefficient (Wildman–Crippen LogP) is 3.50. The van der Waals surface area contributed by atoms with Crippen LogP contribution in [0.4, 0.5) is 0 Å². The zero-order chi connectivity index (χ0) is 16.7. The quantitative estimate of drug-likeness (QED) is 0.820. The van der Waals surface area contributed by atoms with Crippen molar-refractivity contribution in [1.29, 1.82) is 5.26 Å². The maximum atomic E-state index is 12.4. The van der Waals surface area contributed by atoms with Crippen molar-refractivity contribution < 1.29 is 4.79 Å². The van der Waals surface area contributed by atoms with Crippen LogP contribution in [0.15, 0.2) is 48.8 Å². The Morgan fingerprint density at radius 2 is 1.96 bits per heavy atom. The summed E-state index contributed by atoms with van der Waals surface area (Å²) in [6.07, 6.45) is 4.36. The minimum absolute atomic E-state index is 0.113. The SMILES string of the molecule is CCc1ccc([C@@H](c2cccnc2)N(CC)C(=O)CC#N)cc1. The maximum absolute atomic E-state index is 12.4. The van der Waals surface area contributed by atoms with E-state index >= 15 is 0 Å². The average Bonchev–Trinajstić information content (AvgIpc) is 2.60. The van der Waals surface area contributed by atoms with E-state index in [2.05, 4.69) is 36.2 Å². The van der Waals surface area contributed by atoms with E-state index in [0.717, 1.165) is 17.5 Å². The highest BCUT2D eigenvalue weighted by atomic mass is 16.2. The number of hydrogen-bond acceptors (Lipinski definition) is 3. The average molecular weight is 307 g/mol. The standard InChI is InChI=1S/C19H21N3O/c1-3-15-7-9-16(10-8-15)19(17-6-5-13-21-14-17)22(4-2)18(23)11-12-20/h5-10,13-14,19H,3-4,11H2,1-2H3/t19-/m0/s1. The van der Waals surface area contributed by atoms with Crippen LogP contribution in [-0.4, -0.2) is 22.3 Å². The number of nitriles is 1. The summed E-state index contributed by atoms with van der Waals surface area (Å²) in [5.41, 5.74) is 3.23. The molecular weight excluding hydrogens is 286 g/mol. The Bertz CT molecular complexity index is 674. The van der Waals surface area contributed by atoms with E-state index in [4.69, 9.17) is 5.26 Å². The molecule has 4 nitrogen and oxygen atoms in total. The number of carbonyl (C=O) groups excluding carboxylic acids is 1. The topological polar surface area (TPSA) is 57.0 Å². The molecule has 0 unspecified atom stereocenters. The van der Waals surface area contributed by atoms with Crippen molar-refractivity contribution in [3.05, 3.63) is 65.5 Å². The van der Waals surface area contributed by atoms with Crippen LogP contribution in [0.2, 0.25) is 0 Å². The van der Waals surface area contributed by atoms with Crippen LogP contribution in [0.1, 0.15) is 43.0 Å². The van der Waals surface area contributed by atoms with Crippen LogP contribution in [0.3, 0.4) is 0 Å². The van der Waals surface area contributed by atoms with E-state index in [1.54, 1.807) is 17.3 Å². The number of pyridine rings is 1. The van der Waals surface area contributed by atoms with Crippen LogP contribution < -0.4 is 0 Å². The third-order valence-electron chi connectivity index (χ3n) is 3.91. The number of hydrogen-bond donors (Lipinski definition) is 0. The minimum atomic E-state index is -0.222. The van der Waals surface area contributed by atoms with Gasteiger partial charge in [0.2, 0.25) is 5.91 Å². The molecule has 1 amide bonds. The van der Waals surface area contributed by atoms with Crippen molar-refractivity contribution in [3.8, 4) is 6.07 Å². The van der Waals surface area contributed by atoms with Gasteiger partial charge in [-0.3, -0.25) is 9.78 Å². The molecule has 0 bridgehead atoms.